The fraction of sp³-hybridized carbons (Fsp3) is 0.0909. The molecule has 3 heteroatoms. The van der Waals surface area contributed by atoms with Crippen LogP contribution in [-0.2, 0) is 0 Å². The number of carbonyl (C=O) groups excluding carboxylic acids is 2. The highest BCUT2D eigenvalue weighted by atomic mass is 16.2. The maximum atomic E-state index is 12.2. The van der Waals surface area contributed by atoms with E-state index in [0.29, 0.717) is 11.1 Å². The van der Waals surface area contributed by atoms with Crippen molar-refractivity contribution in [1.82, 2.24) is 5.32 Å². The minimum atomic E-state index is -0.250. The minimum absolute atomic E-state index is 0.0116. The molecule has 0 aliphatic carbocycles. The number of Topliss-reactive ketones (excluding diaryl/α,β-unsaturated/α-hetero) is 1. The molecule has 0 fully saturated rings. The first kappa shape index (κ1) is 16.7. The molecule has 0 saturated heterocycles. The number of benzene rings is 3. The molecular weight excluding hydrogens is 310 g/mol. The molecule has 0 saturated carbocycles. The second kappa shape index (κ2) is 7.58. The van der Waals surface area contributed by atoms with Crippen LogP contribution in [0.5, 0.6) is 0 Å². The zero-order valence-corrected chi connectivity index (χ0v) is 14.0. The third-order valence-electron chi connectivity index (χ3n) is 4.04. The van der Waals surface area contributed by atoms with Crippen LogP contribution in [0.1, 0.15) is 26.3 Å². The normalized spacial score (nSPS) is 10.3. The van der Waals surface area contributed by atoms with Gasteiger partial charge in [-0.15, -0.1) is 0 Å². The summed E-state index contributed by atoms with van der Waals surface area (Å²) in [5, 5.41) is 2.68. The average Bonchev–Trinajstić information content (AvgIpc) is 2.67. The first-order valence-electron chi connectivity index (χ1n) is 8.17. The Bertz CT molecular complexity index is 866. The molecule has 0 aliphatic heterocycles. The molecule has 0 aromatic heterocycles. The fourth-order valence-electron chi connectivity index (χ4n) is 2.55. The number of carbonyl (C=O) groups is 2. The van der Waals surface area contributed by atoms with Gasteiger partial charge < -0.3 is 5.32 Å². The molecular formula is C22H19NO2. The van der Waals surface area contributed by atoms with Gasteiger partial charge in [-0.3, -0.25) is 9.59 Å². The van der Waals surface area contributed by atoms with Crippen molar-refractivity contribution < 1.29 is 9.59 Å². The first-order chi connectivity index (χ1) is 12.1. The molecule has 0 spiro atoms. The van der Waals surface area contributed by atoms with Gasteiger partial charge in [0.05, 0.1) is 6.54 Å². The van der Waals surface area contributed by atoms with Gasteiger partial charge in [0.25, 0.3) is 5.91 Å². The van der Waals surface area contributed by atoms with Crippen LogP contribution in [0.15, 0.2) is 78.9 Å². The van der Waals surface area contributed by atoms with Crippen LogP contribution < -0.4 is 5.32 Å². The molecule has 0 bridgehead atoms. The van der Waals surface area contributed by atoms with Crippen LogP contribution >= 0.6 is 0 Å². The molecule has 124 valence electrons. The van der Waals surface area contributed by atoms with Gasteiger partial charge >= 0.3 is 0 Å². The summed E-state index contributed by atoms with van der Waals surface area (Å²) in [6, 6.07) is 24.7. The predicted octanol–water partition coefficient (Wildman–Crippen LogP) is 4.27. The van der Waals surface area contributed by atoms with Gasteiger partial charge in [0.15, 0.2) is 5.78 Å². The molecule has 0 atom stereocenters. The van der Waals surface area contributed by atoms with Gasteiger partial charge in [-0.25, -0.2) is 0 Å². The van der Waals surface area contributed by atoms with Crippen molar-refractivity contribution >= 4 is 11.7 Å². The van der Waals surface area contributed by atoms with E-state index in [0.717, 1.165) is 16.7 Å². The van der Waals surface area contributed by atoms with Crippen molar-refractivity contribution in [2.75, 3.05) is 6.54 Å². The summed E-state index contributed by atoms with van der Waals surface area (Å²) < 4.78 is 0. The molecule has 3 rings (SSSR count). The van der Waals surface area contributed by atoms with Gasteiger partial charge in [0, 0.05) is 11.1 Å². The van der Waals surface area contributed by atoms with Crippen molar-refractivity contribution in [1.29, 1.82) is 0 Å². The van der Waals surface area contributed by atoms with Gasteiger partial charge in [-0.1, -0.05) is 72.3 Å². The average molecular weight is 329 g/mol. The van der Waals surface area contributed by atoms with Crippen molar-refractivity contribution in [3.05, 3.63) is 95.6 Å². The van der Waals surface area contributed by atoms with E-state index >= 15 is 0 Å². The number of hydrogen-bond acceptors (Lipinski definition) is 2. The highest BCUT2D eigenvalue weighted by Crippen LogP contribution is 2.19. The smallest absolute Gasteiger partial charge is 0.251 e. The standard InChI is InChI=1S/C22H19NO2/c1-16-7-9-19(10-8-16)21(24)15-23-22(25)20-13-11-18(12-14-20)17-5-3-2-4-6-17/h2-14H,15H2,1H3,(H,23,25). The van der Waals surface area contributed by atoms with Crippen molar-refractivity contribution in [3.8, 4) is 11.1 Å². The summed E-state index contributed by atoms with van der Waals surface area (Å²) >= 11 is 0. The van der Waals surface area contributed by atoms with Crippen LogP contribution in [0.3, 0.4) is 0 Å². The summed E-state index contributed by atoms with van der Waals surface area (Å²) in [6.45, 7) is 1.96. The van der Waals surface area contributed by atoms with E-state index in [-0.39, 0.29) is 18.2 Å². The molecule has 3 nitrogen and oxygen atoms in total. The van der Waals surface area contributed by atoms with Crippen LogP contribution in [0.25, 0.3) is 11.1 Å². The largest absolute Gasteiger partial charge is 0.345 e. The molecule has 3 aromatic carbocycles. The summed E-state index contributed by atoms with van der Waals surface area (Å²) in [6.07, 6.45) is 0. The SMILES string of the molecule is Cc1ccc(C(=O)CNC(=O)c2ccc(-c3ccccc3)cc2)cc1. The lowest BCUT2D eigenvalue weighted by molar-refractivity contribution is 0.0904. The number of ketones is 1. The quantitative estimate of drug-likeness (QED) is 0.710. The molecule has 1 amide bonds. The van der Waals surface area contributed by atoms with E-state index in [9.17, 15) is 9.59 Å². The van der Waals surface area contributed by atoms with Crippen LogP contribution in [-0.4, -0.2) is 18.2 Å². The third-order valence-corrected chi connectivity index (χ3v) is 4.04. The molecule has 0 unspecified atom stereocenters. The van der Waals surface area contributed by atoms with Gasteiger partial charge in [-0.05, 0) is 30.2 Å². The zero-order chi connectivity index (χ0) is 17.6. The lowest BCUT2D eigenvalue weighted by Gasteiger charge is -2.07. The summed E-state index contributed by atoms with van der Waals surface area (Å²) in [4.78, 5) is 24.3. The van der Waals surface area contributed by atoms with E-state index < -0.39 is 0 Å². The fourth-order valence-corrected chi connectivity index (χ4v) is 2.55. The Morgan fingerprint density at radius 3 is 1.92 bits per heavy atom. The minimum Gasteiger partial charge on any atom is -0.345 e. The van der Waals surface area contributed by atoms with E-state index in [2.05, 4.69) is 5.32 Å². The topological polar surface area (TPSA) is 46.2 Å². The number of hydrogen-bond donors (Lipinski definition) is 1. The number of aryl methyl sites for hydroxylation is 1. The Kier molecular flexibility index (Phi) is 5.05. The monoisotopic (exact) mass is 329 g/mol. The van der Waals surface area contributed by atoms with E-state index in [4.69, 9.17) is 0 Å². The molecule has 0 aliphatic rings. The van der Waals surface area contributed by atoms with Crippen molar-refractivity contribution in [2.24, 2.45) is 0 Å². The van der Waals surface area contributed by atoms with Crippen LogP contribution in [0.4, 0.5) is 0 Å². The Morgan fingerprint density at radius 2 is 1.28 bits per heavy atom. The van der Waals surface area contributed by atoms with E-state index in [1.54, 1.807) is 24.3 Å². The third kappa shape index (κ3) is 4.21. The van der Waals surface area contributed by atoms with Gasteiger partial charge in [0.1, 0.15) is 0 Å². The maximum absolute atomic E-state index is 12.2. The lowest BCUT2D eigenvalue weighted by atomic mass is 10.0. The second-order valence-corrected chi connectivity index (χ2v) is 5.92. The van der Waals surface area contributed by atoms with Crippen molar-refractivity contribution in [3.63, 3.8) is 0 Å². The highest BCUT2D eigenvalue weighted by Gasteiger charge is 2.10. The maximum Gasteiger partial charge on any atom is 0.251 e. The zero-order valence-electron chi connectivity index (χ0n) is 14.0. The van der Waals surface area contributed by atoms with Crippen LogP contribution in [0, 0.1) is 6.92 Å². The van der Waals surface area contributed by atoms with Crippen molar-refractivity contribution in [2.45, 2.75) is 6.92 Å². The van der Waals surface area contributed by atoms with Gasteiger partial charge in [0.2, 0.25) is 0 Å². The molecule has 3 aromatic rings. The van der Waals surface area contributed by atoms with Gasteiger partial charge in [-0.2, -0.15) is 0 Å². The molecule has 25 heavy (non-hydrogen) atoms. The summed E-state index contributed by atoms with van der Waals surface area (Å²) in [5.74, 6) is -0.352. The molecule has 0 heterocycles. The molecule has 0 radical (unpaired) electrons. The van der Waals surface area contributed by atoms with E-state index in [1.165, 1.54) is 0 Å². The van der Waals surface area contributed by atoms with Crippen LogP contribution in [0.2, 0.25) is 0 Å². The Labute approximate surface area is 147 Å². The Hall–Kier alpha value is -3.20. The highest BCUT2D eigenvalue weighted by molar-refractivity contribution is 6.02. The predicted molar refractivity (Wildman–Crippen MR) is 99.7 cm³/mol. The number of rotatable bonds is 5. The number of amides is 1. The second-order valence-electron chi connectivity index (χ2n) is 5.92. The summed E-state index contributed by atoms with van der Waals surface area (Å²) in [7, 11) is 0. The van der Waals surface area contributed by atoms with E-state index in [1.807, 2.05) is 61.5 Å². The summed E-state index contributed by atoms with van der Waals surface area (Å²) in [5.41, 5.74) is 4.39. The number of nitrogens with one attached hydrogen (secondary N) is 1. The Balaban J connectivity index is 1.61. The Morgan fingerprint density at radius 1 is 0.720 bits per heavy atom. The first-order valence-corrected chi connectivity index (χ1v) is 8.17. The lowest BCUT2D eigenvalue weighted by Crippen LogP contribution is -2.29. The molecule has 1 N–H and O–H groups in total.